The number of alkyl halides is 2. The van der Waals surface area contributed by atoms with Crippen molar-refractivity contribution in [3.63, 3.8) is 0 Å². The Kier molecular flexibility index (Phi) is 14.9. The van der Waals surface area contributed by atoms with E-state index >= 15 is 0 Å². The number of nitro groups is 1. The predicted molar refractivity (Wildman–Crippen MR) is 191 cm³/mol. The molecule has 53 heavy (non-hydrogen) atoms. The number of fused-ring (bicyclic) bond motifs is 1. The SMILES string of the molecule is CN(Cc1cnc2nc(N)nc(N)c2n1)c1ccc(C(=O)N[C@@H](CCC(=O)O)C(=O)O)cc1.O=C(N[C@H](CO)[C@H](O)c1ccc([N+](=O)[O-])cc1)C(Cl)Cl. The van der Waals surface area contributed by atoms with Crippen LogP contribution in [0, 0.1) is 10.1 Å². The molecule has 0 fully saturated rings. The fraction of sp³-hybridized carbons (Fsp3) is 0.290. The van der Waals surface area contributed by atoms with Crippen LogP contribution < -0.4 is 27.0 Å². The topological polar surface area (TPSA) is 323 Å². The summed E-state index contributed by atoms with van der Waals surface area (Å²) in [6.45, 7) is -0.182. The zero-order valence-corrected chi connectivity index (χ0v) is 29.2. The Labute approximate surface area is 309 Å². The van der Waals surface area contributed by atoms with Crippen molar-refractivity contribution in [3.05, 3.63) is 81.7 Å². The second kappa shape index (κ2) is 19.0. The van der Waals surface area contributed by atoms with Gasteiger partial charge in [0.05, 0.1) is 36.0 Å². The minimum Gasteiger partial charge on any atom is -0.481 e. The van der Waals surface area contributed by atoms with E-state index in [1.807, 2.05) is 11.9 Å². The molecule has 0 bridgehead atoms. The quantitative estimate of drug-likeness (QED) is 0.0477. The van der Waals surface area contributed by atoms with Crippen molar-refractivity contribution in [3.8, 4) is 0 Å². The number of aliphatic carboxylic acids is 2. The summed E-state index contributed by atoms with van der Waals surface area (Å²) in [5, 5.41) is 52.2. The lowest BCUT2D eigenvalue weighted by atomic mass is 10.0. The molecule has 2 aromatic carbocycles. The van der Waals surface area contributed by atoms with Gasteiger partial charge in [0, 0.05) is 36.9 Å². The number of carboxylic acids is 2. The average Bonchev–Trinajstić information content (AvgIpc) is 3.12. The van der Waals surface area contributed by atoms with Crippen molar-refractivity contribution >= 4 is 81.3 Å². The monoisotopic (exact) mass is 776 g/mol. The number of amides is 2. The number of carboxylic acid groups (broad SMARTS) is 2. The number of non-ortho nitro benzene ring substituents is 1. The average molecular weight is 778 g/mol. The number of benzene rings is 2. The Morgan fingerprint density at radius 2 is 1.62 bits per heavy atom. The lowest BCUT2D eigenvalue weighted by Crippen LogP contribution is -2.44. The van der Waals surface area contributed by atoms with Gasteiger partial charge in [-0.15, -0.1) is 0 Å². The molecule has 10 N–H and O–H groups in total. The number of carbonyl (C=O) groups is 4. The molecule has 2 amide bonds. The number of nitrogens with two attached hydrogens (primary N) is 2. The Balaban J connectivity index is 0.000000324. The van der Waals surface area contributed by atoms with Crippen LogP contribution in [0.1, 0.15) is 40.6 Å². The first kappa shape index (κ1) is 41.5. The first-order chi connectivity index (χ1) is 25.0. The summed E-state index contributed by atoms with van der Waals surface area (Å²) >= 11 is 10.7. The first-order valence-electron chi connectivity index (χ1n) is 15.2. The second-order valence-corrected chi connectivity index (χ2v) is 12.2. The van der Waals surface area contributed by atoms with Crippen molar-refractivity contribution in [2.45, 2.75) is 42.4 Å². The van der Waals surface area contributed by atoms with E-state index in [1.165, 1.54) is 36.4 Å². The molecule has 0 spiro atoms. The molecule has 0 saturated heterocycles. The van der Waals surface area contributed by atoms with Gasteiger partial charge < -0.3 is 47.4 Å². The highest BCUT2D eigenvalue weighted by Gasteiger charge is 2.25. The molecule has 0 aliphatic carbocycles. The van der Waals surface area contributed by atoms with Gasteiger partial charge in [-0.2, -0.15) is 9.97 Å². The summed E-state index contributed by atoms with van der Waals surface area (Å²) in [6, 6.07) is 9.21. The summed E-state index contributed by atoms with van der Waals surface area (Å²) in [7, 11) is 1.82. The van der Waals surface area contributed by atoms with Crippen LogP contribution in [0.3, 0.4) is 0 Å². The second-order valence-electron chi connectivity index (χ2n) is 11.1. The van der Waals surface area contributed by atoms with Gasteiger partial charge in [-0.05, 0) is 48.4 Å². The van der Waals surface area contributed by atoms with Crippen LogP contribution in [0.5, 0.6) is 0 Å². The number of hydrogen-bond acceptors (Lipinski definition) is 15. The smallest absolute Gasteiger partial charge is 0.326 e. The van der Waals surface area contributed by atoms with Gasteiger partial charge in [-0.3, -0.25) is 24.5 Å². The van der Waals surface area contributed by atoms with Gasteiger partial charge in [0.2, 0.25) is 5.95 Å². The highest BCUT2D eigenvalue weighted by molar-refractivity contribution is 6.53. The third-order valence-corrected chi connectivity index (χ3v) is 7.67. The summed E-state index contributed by atoms with van der Waals surface area (Å²) < 4.78 is 0. The summed E-state index contributed by atoms with van der Waals surface area (Å²) in [4.78, 5) is 72.6. The van der Waals surface area contributed by atoms with E-state index in [9.17, 15) is 39.5 Å². The number of aliphatic hydroxyl groups is 2. The number of hydrogen-bond donors (Lipinski definition) is 8. The fourth-order valence-corrected chi connectivity index (χ4v) is 4.65. The molecule has 4 rings (SSSR count). The number of rotatable bonds is 15. The maximum Gasteiger partial charge on any atom is 0.326 e. The van der Waals surface area contributed by atoms with Crippen molar-refractivity contribution in [2.24, 2.45) is 0 Å². The predicted octanol–water partition coefficient (Wildman–Crippen LogP) is 1.18. The van der Waals surface area contributed by atoms with Gasteiger partial charge in [0.1, 0.15) is 12.1 Å². The third-order valence-electron chi connectivity index (χ3n) is 7.27. The van der Waals surface area contributed by atoms with E-state index in [2.05, 4.69) is 30.6 Å². The van der Waals surface area contributed by atoms with E-state index in [-0.39, 0.29) is 35.9 Å². The standard InChI is InChI=1S/C20H22N8O5.C11H12Cl2N2O5/c1-28(9-11-8-23-17-15(24-11)16(21)26-20(22)27-17)12-4-2-10(3-5-12)18(31)25-13(19(32)33)6-7-14(29)30;12-10(13)11(18)14-8(5-16)9(17)6-1-3-7(4-2-6)15(19)20/h2-5,8,13H,6-7,9H2,1H3,(H,25,31)(H,29,30)(H,32,33)(H4,21,22,23,26,27);1-4,8-10,16-17H,5H2,(H,14,18)/t13-;8-,9-/m01/s1. The number of nitrogens with one attached hydrogen (secondary N) is 2. The zero-order chi connectivity index (χ0) is 39.4. The summed E-state index contributed by atoms with van der Waals surface area (Å²) in [6.07, 6.45) is -0.289. The molecular weight excluding hydrogens is 743 g/mol. The first-order valence-corrected chi connectivity index (χ1v) is 16.1. The number of nitrogen functional groups attached to an aromatic ring is 2. The van der Waals surface area contributed by atoms with Gasteiger partial charge in [-0.25, -0.2) is 14.8 Å². The van der Waals surface area contributed by atoms with Crippen LogP contribution in [0.4, 0.5) is 23.1 Å². The third kappa shape index (κ3) is 12.1. The zero-order valence-electron chi connectivity index (χ0n) is 27.7. The van der Waals surface area contributed by atoms with Gasteiger partial charge in [0.25, 0.3) is 17.5 Å². The Bertz CT molecular complexity index is 1940. The van der Waals surface area contributed by atoms with Gasteiger partial charge in [-0.1, -0.05) is 23.2 Å². The number of aliphatic hydroxyl groups excluding tert-OH is 2. The molecule has 0 aliphatic rings. The molecule has 0 radical (unpaired) electrons. The molecule has 2 heterocycles. The molecule has 282 valence electrons. The highest BCUT2D eigenvalue weighted by atomic mass is 35.5. The van der Waals surface area contributed by atoms with Crippen LogP contribution in [-0.2, 0) is 20.9 Å². The number of nitro benzene ring substituents is 1. The van der Waals surface area contributed by atoms with Crippen molar-refractivity contribution < 1.29 is 44.5 Å². The number of carbonyl (C=O) groups excluding carboxylic acids is 2. The molecule has 0 unspecified atom stereocenters. The van der Waals surface area contributed by atoms with Crippen LogP contribution >= 0.6 is 23.2 Å². The van der Waals surface area contributed by atoms with E-state index in [0.717, 1.165) is 5.69 Å². The Morgan fingerprint density at radius 1 is 0.981 bits per heavy atom. The molecule has 0 aliphatic heterocycles. The number of halogens is 2. The number of aromatic nitrogens is 4. The van der Waals surface area contributed by atoms with E-state index < -0.39 is 58.3 Å². The van der Waals surface area contributed by atoms with E-state index in [4.69, 9.17) is 44.9 Å². The molecule has 4 aromatic rings. The normalized spacial score (nSPS) is 12.5. The molecule has 0 saturated carbocycles. The maximum atomic E-state index is 12.4. The minimum atomic E-state index is -1.33. The summed E-state index contributed by atoms with van der Waals surface area (Å²) in [5.41, 5.74) is 13.8. The van der Waals surface area contributed by atoms with Crippen LogP contribution in [0.15, 0.2) is 54.7 Å². The maximum absolute atomic E-state index is 12.4. The van der Waals surface area contributed by atoms with Crippen molar-refractivity contribution in [1.29, 1.82) is 0 Å². The van der Waals surface area contributed by atoms with Crippen LogP contribution in [-0.4, -0.2) is 99.6 Å². The number of nitrogens with zero attached hydrogens (tertiary/aromatic N) is 6. The Hall–Kier alpha value is -5.96. The van der Waals surface area contributed by atoms with Crippen LogP contribution in [0.25, 0.3) is 11.2 Å². The van der Waals surface area contributed by atoms with Crippen LogP contribution in [0.2, 0.25) is 0 Å². The Morgan fingerprint density at radius 3 is 2.17 bits per heavy atom. The lowest BCUT2D eigenvalue weighted by molar-refractivity contribution is -0.384. The van der Waals surface area contributed by atoms with Gasteiger partial charge in [0.15, 0.2) is 21.8 Å². The van der Waals surface area contributed by atoms with E-state index in [0.29, 0.717) is 29.0 Å². The van der Waals surface area contributed by atoms with Gasteiger partial charge >= 0.3 is 11.9 Å². The summed E-state index contributed by atoms with van der Waals surface area (Å²) in [5.74, 6) is -3.66. The molecular formula is C31H34Cl2N10O10. The minimum absolute atomic E-state index is 0.0138. The molecule has 2 aromatic heterocycles. The molecule has 22 heteroatoms. The highest BCUT2D eigenvalue weighted by Crippen LogP contribution is 2.21. The van der Waals surface area contributed by atoms with E-state index in [1.54, 1.807) is 18.3 Å². The molecule has 3 atom stereocenters. The van der Waals surface area contributed by atoms with Crippen molar-refractivity contribution in [2.75, 3.05) is 30.0 Å². The fourth-order valence-electron chi connectivity index (χ4n) is 4.52. The largest absolute Gasteiger partial charge is 0.481 e. The lowest BCUT2D eigenvalue weighted by Gasteiger charge is -2.22. The number of anilines is 3. The van der Waals surface area contributed by atoms with Crippen molar-refractivity contribution in [1.82, 2.24) is 30.6 Å². The molecule has 20 nitrogen and oxygen atoms in total.